The van der Waals surface area contributed by atoms with Crippen LogP contribution < -0.4 is 5.32 Å². The van der Waals surface area contributed by atoms with E-state index in [1.807, 2.05) is 0 Å². The van der Waals surface area contributed by atoms with Crippen LogP contribution in [0.2, 0.25) is 0 Å². The number of amides is 1. The van der Waals surface area contributed by atoms with Crippen LogP contribution in [0.25, 0.3) is 0 Å². The Morgan fingerprint density at radius 1 is 1.41 bits per heavy atom. The topological polar surface area (TPSA) is 49.3 Å². The Bertz CT molecular complexity index is 444. The molecule has 0 bridgehead atoms. The highest BCUT2D eigenvalue weighted by atomic mass is 19.1. The Labute approximate surface area is 97.5 Å². The van der Waals surface area contributed by atoms with Gasteiger partial charge in [-0.15, -0.1) is 0 Å². The summed E-state index contributed by atoms with van der Waals surface area (Å²) in [5.41, 5.74) is -0.557. The molecule has 0 unspecified atom stereocenters. The minimum absolute atomic E-state index is 0.00108. The van der Waals surface area contributed by atoms with E-state index >= 15 is 0 Å². The molecule has 17 heavy (non-hydrogen) atoms. The molecule has 1 aromatic rings. The van der Waals surface area contributed by atoms with Gasteiger partial charge in [-0.2, -0.15) is 0 Å². The third-order valence-electron chi connectivity index (χ3n) is 3.09. The Morgan fingerprint density at radius 3 is 2.71 bits per heavy atom. The zero-order valence-electron chi connectivity index (χ0n) is 9.17. The summed E-state index contributed by atoms with van der Waals surface area (Å²) >= 11 is 0. The SMILES string of the molecule is O=C(NCC1(CO)CC1)c1cc(F)ccc1F. The maximum atomic E-state index is 13.3. The molecular weight excluding hydrogens is 228 g/mol. The number of rotatable bonds is 4. The first-order valence-corrected chi connectivity index (χ1v) is 5.40. The van der Waals surface area contributed by atoms with Gasteiger partial charge in [0, 0.05) is 12.0 Å². The zero-order chi connectivity index (χ0) is 12.5. The fraction of sp³-hybridized carbons (Fsp3) is 0.417. The summed E-state index contributed by atoms with van der Waals surface area (Å²) in [5.74, 6) is -2.06. The van der Waals surface area contributed by atoms with E-state index < -0.39 is 17.5 Å². The lowest BCUT2D eigenvalue weighted by Gasteiger charge is -2.12. The molecule has 2 N–H and O–H groups in total. The zero-order valence-corrected chi connectivity index (χ0v) is 9.17. The van der Waals surface area contributed by atoms with Crippen molar-refractivity contribution in [2.24, 2.45) is 5.41 Å². The number of carbonyl (C=O) groups excluding carboxylic acids is 1. The van der Waals surface area contributed by atoms with Gasteiger partial charge in [0.1, 0.15) is 11.6 Å². The molecule has 0 saturated heterocycles. The lowest BCUT2D eigenvalue weighted by molar-refractivity contribution is 0.0930. The molecule has 0 heterocycles. The van der Waals surface area contributed by atoms with Crippen molar-refractivity contribution in [3.05, 3.63) is 35.4 Å². The molecule has 5 heteroatoms. The van der Waals surface area contributed by atoms with E-state index in [2.05, 4.69) is 5.32 Å². The van der Waals surface area contributed by atoms with Crippen molar-refractivity contribution >= 4 is 5.91 Å². The van der Waals surface area contributed by atoms with Crippen molar-refractivity contribution in [2.75, 3.05) is 13.2 Å². The average molecular weight is 241 g/mol. The molecule has 0 aromatic heterocycles. The molecule has 1 aliphatic rings. The van der Waals surface area contributed by atoms with Crippen molar-refractivity contribution in [2.45, 2.75) is 12.8 Å². The molecule has 1 saturated carbocycles. The Balaban J connectivity index is 2.02. The standard InChI is InChI=1S/C12H13F2NO2/c13-8-1-2-10(14)9(5-8)11(17)15-6-12(7-16)3-4-12/h1-2,5,16H,3-4,6-7H2,(H,15,17). The largest absolute Gasteiger partial charge is 0.396 e. The second-order valence-corrected chi connectivity index (χ2v) is 4.46. The van der Waals surface area contributed by atoms with E-state index in [4.69, 9.17) is 5.11 Å². The highest BCUT2D eigenvalue weighted by molar-refractivity contribution is 5.94. The molecule has 1 aromatic carbocycles. The molecule has 1 amide bonds. The van der Waals surface area contributed by atoms with Gasteiger partial charge in [-0.1, -0.05) is 0 Å². The number of benzene rings is 1. The average Bonchev–Trinajstić information content (AvgIpc) is 3.10. The predicted molar refractivity (Wildman–Crippen MR) is 57.4 cm³/mol. The molecule has 3 nitrogen and oxygen atoms in total. The third-order valence-corrected chi connectivity index (χ3v) is 3.09. The molecule has 1 fully saturated rings. The predicted octanol–water partition coefficient (Wildman–Crippen LogP) is 1.47. The van der Waals surface area contributed by atoms with Crippen LogP contribution in [-0.4, -0.2) is 24.2 Å². The summed E-state index contributed by atoms with van der Waals surface area (Å²) in [7, 11) is 0. The smallest absolute Gasteiger partial charge is 0.254 e. The number of halogens is 2. The molecule has 0 atom stereocenters. The van der Waals surface area contributed by atoms with E-state index in [1.165, 1.54) is 0 Å². The molecular formula is C12H13F2NO2. The van der Waals surface area contributed by atoms with Gasteiger partial charge in [-0.3, -0.25) is 4.79 Å². The molecule has 0 aliphatic heterocycles. The van der Waals surface area contributed by atoms with Crippen LogP contribution in [0.15, 0.2) is 18.2 Å². The van der Waals surface area contributed by atoms with Gasteiger partial charge in [-0.05, 0) is 31.0 Å². The first-order valence-electron chi connectivity index (χ1n) is 5.40. The Hall–Kier alpha value is -1.49. The van der Waals surface area contributed by atoms with Crippen molar-refractivity contribution in [1.82, 2.24) is 5.32 Å². The van der Waals surface area contributed by atoms with Crippen LogP contribution in [0.1, 0.15) is 23.2 Å². The first kappa shape index (κ1) is 12.0. The third kappa shape index (κ3) is 2.61. The summed E-state index contributed by atoms with van der Waals surface area (Å²) in [6.45, 7) is 0.289. The van der Waals surface area contributed by atoms with Gasteiger partial charge < -0.3 is 10.4 Å². The number of hydrogen-bond donors (Lipinski definition) is 2. The van der Waals surface area contributed by atoms with E-state index in [1.54, 1.807) is 0 Å². The normalized spacial score (nSPS) is 16.6. The van der Waals surface area contributed by atoms with E-state index in [9.17, 15) is 13.6 Å². The monoisotopic (exact) mass is 241 g/mol. The number of aliphatic hydroxyl groups excluding tert-OH is 1. The number of carbonyl (C=O) groups is 1. The molecule has 2 rings (SSSR count). The van der Waals surface area contributed by atoms with Gasteiger partial charge in [-0.25, -0.2) is 8.78 Å². The van der Waals surface area contributed by atoms with Crippen LogP contribution in [0, 0.1) is 17.0 Å². The van der Waals surface area contributed by atoms with Crippen LogP contribution in [-0.2, 0) is 0 Å². The molecule has 0 radical (unpaired) electrons. The van der Waals surface area contributed by atoms with Crippen molar-refractivity contribution < 1.29 is 18.7 Å². The van der Waals surface area contributed by atoms with Gasteiger partial charge in [0.15, 0.2) is 0 Å². The van der Waals surface area contributed by atoms with Crippen LogP contribution in [0.5, 0.6) is 0 Å². The fourth-order valence-electron chi connectivity index (χ4n) is 1.60. The summed E-state index contributed by atoms with van der Waals surface area (Å²) in [5, 5.41) is 11.6. The van der Waals surface area contributed by atoms with E-state index in [0.717, 1.165) is 31.0 Å². The molecule has 0 spiro atoms. The van der Waals surface area contributed by atoms with Crippen LogP contribution in [0.4, 0.5) is 8.78 Å². The second-order valence-electron chi connectivity index (χ2n) is 4.46. The minimum atomic E-state index is -0.752. The van der Waals surface area contributed by atoms with Crippen molar-refractivity contribution in [3.63, 3.8) is 0 Å². The highest BCUT2D eigenvalue weighted by Crippen LogP contribution is 2.44. The van der Waals surface area contributed by atoms with Gasteiger partial charge in [0.25, 0.3) is 5.91 Å². The van der Waals surface area contributed by atoms with Crippen LogP contribution >= 0.6 is 0 Å². The van der Waals surface area contributed by atoms with E-state index in [0.29, 0.717) is 0 Å². The lowest BCUT2D eigenvalue weighted by atomic mass is 10.1. The lowest BCUT2D eigenvalue weighted by Crippen LogP contribution is -2.32. The first-order chi connectivity index (χ1) is 8.06. The second kappa shape index (κ2) is 4.41. The summed E-state index contributed by atoms with van der Waals surface area (Å²) < 4.78 is 26.1. The van der Waals surface area contributed by atoms with Gasteiger partial charge in [0.05, 0.1) is 12.2 Å². The number of nitrogens with one attached hydrogen (secondary N) is 1. The number of aliphatic hydroxyl groups is 1. The maximum Gasteiger partial charge on any atom is 0.254 e. The Morgan fingerprint density at radius 2 is 2.12 bits per heavy atom. The number of hydrogen-bond acceptors (Lipinski definition) is 2. The fourth-order valence-corrected chi connectivity index (χ4v) is 1.60. The summed E-state index contributed by atoms with van der Waals surface area (Å²) in [6, 6.07) is 2.74. The van der Waals surface area contributed by atoms with Gasteiger partial charge in [0.2, 0.25) is 0 Å². The Kier molecular flexibility index (Phi) is 3.11. The van der Waals surface area contributed by atoms with E-state index in [-0.39, 0.29) is 24.1 Å². The summed E-state index contributed by atoms with van der Waals surface area (Å²) in [4.78, 5) is 11.6. The van der Waals surface area contributed by atoms with Gasteiger partial charge >= 0.3 is 0 Å². The quantitative estimate of drug-likeness (QED) is 0.838. The maximum absolute atomic E-state index is 13.3. The van der Waals surface area contributed by atoms with Crippen LogP contribution in [0.3, 0.4) is 0 Å². The van der Waals surface area contributed by atoms with Crippen molar-refractivity contribution in [1.29, 1.82) is 0 Å². The van der Waals surface area contributed by atoms with Crippen molar-refractivity contribution in [3.8, 4) is 0 Å². The molecule has 92 valence electrons. The molecule has 1 aliphatic carbocycles. The summed E-state index contributed by atoms with van der Waals surface area (Å²) in [6.07, 6.45) is 1.69. The minimum Gasteiger partial charge on any atom is -0.396 e. The highest BCUT2D eigenvalue weighted by Gasteiger charge is 2.42.